The molecule has 1 fully saturated rings. The summed E-state index contributed by atoms with van der Waals surface area (Å²) in [5, 5.41) is 5.03. The van der Waals surface area contributed by atoms with Crippen molar-refractivity contribution in [3.8, 4) is 0 Å². The van der Waals surface area contributed by atoms with Crippen LogP contribution in [0.1, 0.15) is 49.7 Å². The van der Waals surface area contributed by atoms with Crippen LogP contribution < -0.4 is 5.32 Å². The summed E-state index contributed by atoms with van der Waals surface area (Å²) in [7, 11) is 0. The van der Waals surface area contributed by atoms with Crippen molar-refractivity contribution in [3.05, 3.63) is 35.1 Å². The maximum Gasteiger partial charge on any atom is 0.230 e. The molecule has 4 rings (SSSR count). The standard InChI is InChI=1S/C20H23FN2OS/c21-13-9-10-18-17(11-13)15-7-3-4-8-16(15)20(23-18)25-12-19(24)22-14-5-1-2-6-14/h9-11,14H,1-8,12H2,(H,22,24). The Bertz CT molecular complexity index is 802. The topological polar surface area (TPSA) is 42.0 Å². The predicted octanol–water partition coefficient (Wildman–Crippen LogP) is 4.40. The van der Waals surface area contributed by atoms with Crippen LogP contribution in [-0.2, 0) is 17.6 Å². The molecule has 1 saturated carbocycles. The zero-order chi connectivity index (χ0) is 17.2. The fourth-order valence-corrected chi connectivity index (χ4v) is 4.97. The molecule has 2 aliphatic carbocycles. The van der Waals surface area contributed by atoms with E-state index in [1.54, 1.807) is 12.1 Å². The number of aryl methyl sites for hydroxylation is 1. The molecule has 5 heteroatoms. The number of benzene rings is 1. The summed E-state index contributed by atoms with van der Waals surface area (Å²) >= 11 is 1.53. The van der Waals surface area contributed by atoms with Gasteiger partial charge in [-0.25, -0.2) is 9.37 Å². The zero-order valence-electron chi connectivity index (χ0n) is 14.3. The van der Waals surface area contributed by atoms with Crippen molar-refractivity contribution >= 4 is 28.6 Å². The lowest BCUT2D eigenvalue weighted by Crippen LogP contribution is -2.33. The quantitative estimate of drug-likeness (QED) is 0.824. The first kappa shape index (κ1) is 16.8. The summed E-state index contributed by atoms with van der Waals surface area (Å²) in [4.78, 5) is 17.0. The summed E-state index contributed by atoms with van der Waals surface area (Å²) in [6, 6.07) is 5.18. The number of aromatic nitrogens is 1. The van der Waals surface area contributed by atoms with E-state index in [2.05, 4.69) is 5.32 Å². The summed E-state index contributed by atoms with van der Waals surface area (Å²) in [5.74, 6) is 0.295. The minimum absolute atomic E-state index is 0.0995. The lowest BCUT2D eigenvalue weighted by atomic mass is 9.90. The third-order valence-electron chi connectivity index (χ3n) is 5.29. The minimum Gasteiger partial charge on any atom is -0.353 e. The molecule has 1 heterocycles. The molecule has 0 saturated heterocycles. The Balaban J connectivity index is 1.56. The van der Waals surface area contributed by atoms with Crippen molar-refractivity contribution in [3.63, 3.8) is 0 Å². The summed E-state index contributed by atoms with van der Waals surface area (Å²) in [6.07, 6.45) is 8.85. The molecule has 2 aliphatic rings. The van der Waals surface area contributed by atoms with Crippen molar-refractivity contribution < 1.29 is 9.18 Å². The molecule has 2 aromatic rings. The summed E-state index contributed by atoms with van der Waals surface area (Å²) in [6.45, 7) is 0. The van der Waals surface area contributed by atoms with E-state index >= 15 is 0 Å². The Kier molecular flexibility index (Phi) is 4.93. The molecular formula is C20H23FN2OS. The monoisotopic (exact) mass is 358 g/mol. The van der Waals surface area contributed by atoms with Gasteiger partial charge in [0.25, 0.3) is 0 Å². The van der Waals surface area contributed by atoms with E-state index in [1.165, 1.54) is 41.8 Å². The van der Waals surface area contributed by atoms with Gasteiger partial charge in [0.2, 0.25) is 5.91 Å². The molecule has 3 nitrogen and oxygen atoms in total. The molecule has 25 heavy (non-hydrogen) atoms. The number of hydrogen-bond donors (Lipinski definition) is 1. The van der Waals surface area contributed by atoms with E-state index in [9.17, 15) is 9.18 Å². The van der Waals surface area contributed by atoms with Gasteiger partial charge in [-0.1, -0.05) is 24.6 Å². The number of thioether (sulfide) groups is 1. The van der Waals surface area contributed by atoms with Gasteiger partial charge in [0.1, 0.15) is 10.8 Å². The van der Waals surface area contributed by atoms with Crippen LogP contribution in [0.25, 0.3) is 10.9 Å². The molecule has 1 aromatic carbocycles. The second-order valence-electron chi connectivity index (χ2n) is 7.08. The number of rotatable bonds is 4. The van der Waals surface area contributed by atoms with E-state index in [0.29, 0.717) is 11.8 Å². The zero-order valence-corrected chi connectivity index (χ0v) is 15.1. The van der Waals surface area contributed by atoms with Crippen LogP contribution in [0, 0.1) is 5.82 Å². The second kappa shape index (κ2) is 7.32. The highest BCUT2D eigenvalue weighted by Gasteiger charge is 2.21. The normalized spacial score (nSPS) is 17.6. The fraction of sp³-hybridized carbons (Fsp3) is 0.500. The first-order valence-electron chi connectivity index (χ1n) is 9.24. The number of halogens is 1. The maximum absolute atomic E-state index is 13.7. The number of fused-ring (bicyclic) bond motifs is 3. The number of carbonyl (C=O) groups is 1. The van der Waals surface area contributed by atoms with Crippen molar-refractivity contribution in [1.82, 2.24) is 10.3 Å². The maximum atomic E-state index is 13.7. The first-order chi connectivity index (χ1) is 12.2. The van der Waals surface area contributed by atoms with Crippen LogP contribution >= 0.6 is 11.8 Å². The van der Waals surface area contributed by atoms with E-state index < -0.39 is 0 Å². The molecule has 1 N–H and O–H groups in total. The second-order valence-corrected chi connectivity index (χ2v) is 8.04. The van der Waals surface area contributed by atoms with Gasteiger partial charge >= 0.3 is 0 Å². The molecule has 0 bridgehead atoms. The average molecular weight is 358 g/mol. The fourth-order valence-electron chi connectivity index (χ4n) is 4.06. The molecule has 0 atom stereocenters. The Morgan fingerprint density at radius 1 is 1.16 bits per heavy atom. The van der Waals surface area contributed by atoms with Gasteiger partial charge in [0.15, 0.2) is 0 Å². The number of nitrogens with one attached hydrogen (secondary N) is 1. The van der Waals surface area contributed by atoms with Gasteiger partial charge in [-0.3, -0.25) is 4.79 Å². The highest BCUT2D eigenvalue weighted by molar-refractivity contribution is 8.00. The number of carbonyl (C=O) groups excluding carboxylic acids is 1. The SMILES string of the molecule is O=C(CSc1nc2ccc(F)cc2c2c1CCCC2)NC1CCCC1. The Morgan fingerprint density at radius 2 is 1.92 bits per heavy atom. The highest BCUT2D eigenvalue weighted by Crippen LogP contribution is 2.34. The van der Waals surface area contributed by atoms with E-state index in [0.717, 1.165) is 54.5 Å². The smallest absolute Gasteiger partial charge is 0.230 e. The minimum atomic E-state index is -0.210. The van der Waals surface area contributed by atoms with Crippen LogP contribution in [0.5, 0.6) is 0 Å². The Labute approximate surface area is 151 Å². The largest absolute Gasteiger partial charge is 0.353 e. The predicted molar refractivity (Wildman–Crippen MR) is 99.5 cm³/mol. The van der Waals surface area contributed by atoms with Crippen molar-refractivity contribution in [2.45, 2.75) is 62.4 Å². The summed E-state index contributed by atoms with van der Waals surface area (Å²) in [5.41, 5.74) is 3.29. The molecule has 0 radical (unpaired) electrons. The molecule has 132 valence electrons. The van der Waals surface area contributed by atoms with Gasteiger partial charge in [-0.2, -0.15) is 0 Å². The van der Waals surface area contributed by atoms with Crippen LogP contribution in [0.2, 0.25) is 0 Å². The number of amides is 1. The lowest BCUT2D eigenvalue weighted by molar-refractivity contribution is -0.119. The van der Waals surface area contributed by atoms with Crippen LogP contribution in [-0.4, -0.2) is 22.7 Å². The molecule has 0 aliphatic heterocycles. The van der Waals surface area contributed by atoms with Crippen LogP contribution in [0.4, 0.5) is 4.39 Å². The van der Waals surface area contributed by atoms with Crippen molar-refractivity contribution in [1.29, 1.82) is 0 Å². The van der Waals surface area contributed by atoms with Gasteiger partial charge < -0.3 is 5.32 Å². The Hall–Kier alpha value is -1.62. The highest BCUT2D eigenvalue weighted by atomic mass is 32.2. The van der Waals surface area contributed by atoms with Gasteiger partial charge in [0.05, 0.1) is 11.3 Å². The first-order valence-corrected chi connectivity index (χ1v) is 10.2. The summed E-state index contributed by atoms with van der Waals surface area (Å²) < 4.78 is 13.7. The van der Waals surface area contributed by atoms with E-state index in [-0.39, 0.29) is 11.7 Å². The van der Waals surface area contributed by atoms with Gasteiger partial charge in [-0.05, 0) is 67.9 Å². The van der Waals surface area contributed by atoms with Crippen molar-refractivity contribution in [2.24, 2.45) is 0 Å². The third-order valence-corrected chi connectivity index (χ3v) is 6.31. The lowest BCUT2D eigenvalue weighted by Gasteiger charge is -2.21. The average Bonchev–Trinajstić information content (AvgIpc) is 3.13. The van der Waals surface area contributed by atoms with Crippen LogP contribution in [0.3, 0.4) is 0 Å². The van der Waals surface area contributed by atoms with Crippen molar-refractivity contribution in [2.75, 3.05) is 5.75 Å². The molecule has 0 unspecified atom stereocenters. The van der Waals surface area contributed by atoms with Gasteiger partial charge in [0, 0.05) is 11.4 Å². The number of nitrogens with zero attached hydrogens (tertiary/aromatic N) is 1. The number of pyridine rings is 1. The van der Waals surface area contributed by atoms with Crippen LogP contribution in [0.15, 0.2) is 23.2 Å². The van der Waals surface area contributed by atoms with Gasteiger partial charge in [-0.15, -0.1) is 0 Å². The van der Waals surface area contributed by atoms with E-state index in [1.807, 2.05) is 0 Å². The number of hydrogen-bond acceptors (Lipinski definition) is 3. The molecule has 1 aromatic heterocycles. The molecule has 1 amide bonds. The third kappa shape index (κ3) is 3.66. The van der Waals surface area contributed by atoms with E-state index in [4.69, 9.17) is 4.98 Å². The Morgan fingerprint density at radius 3 is 2.72 bits per heavy atom. The molecule has 0 spiro atoms. The molecular weight excluding hydrogens is 335 g/mol.